The number of anilines is 1. The molecule has 4 aliphatic carbocycles. The maximum Gasteiger partial charge on any atom is 0.226 e. The molecule has 0 unspecified atom stereocenters. The van der Waals surface area contributed by atoms with Crippen LogP contribution < -0.4 is 10.2 Å². The average Bonchev–Trinajstić information content (AvgIpc) is 2.73. The highest BCUT2D eigenvalue weighted by atomic mass is 79.9. The van der Waals surface area contributed by atoms with E-state index in [1.807, 2.05) is 17.0 Å². The predicted molar refractivity (Wildman–Crippen MR) is 119 cm³/mol. The second-order valence-electron chi connectivity index (χ2n) is 9.91. The SMILES string of the molecule is O=C(CCNC(=O)C12CC3CC(CC(C3)C1)C2)N1CCN(c2ccc(Br)cn2)CC1. The summed E-state index contributed by atoms with van der Waals surface area (Å²) in [6.07, 6.45) is 9.45. The van der Waals surface area contributed by atoms with E-state index in [2.05, 4.69) is 31.1 Å². The highest BCUT2D eigenvalue weighted by Crippen LogP contribution is 2.60. The summed E-state index contributed by atoms with van der Waals surface area (Å²) in [7, 11) is 0. The molecule has 0 aromatic carbocycles. The van der Waals surface area contributed by atoms with E-state index in [0.717, 1.165) is 60.4 Å². The van der Waals surface area contributed by atoms with Gasteiger partial charge in [-0.05, 0) is 84.3 Å². The zero-order valence-electron chi connectivity index (χ0n) is 17.5. The van der Waals surface area contributed by atoms with Gasteiger partial charge in [-0.15, -0.1) is 0 Å². The third-order valence-electron chi connectivity index (χ3n) is 7.81. The fourth-order valence-corrected chi connectivity index (χ4v) is 6.99. The molecule has 7 heteroatoms. The van der Waals surface area contributed by atoms with E-state index >= 15 is 0 Å². The summed E-state index contributed by atoms with van der Waals surface area (Å²) in [6.45, 7) is 3.47. The molecule has 162 valence electrons. The van der Waals surface area contributed by atoms with E-state index in [9.17, 15) is 9.59 Å². The van der Waals surface area contributed by atoms with Crippen LogP contribution >= 0.6 is 15.9 Å². The Kier molecular flexibility index (Phi) is 5.50. The van der Waals surface area contributed by atoms with Gasteiger partial charge in [0.15, 0.2) is 0 Å². The number of nitrogens with one attached hydrogen (secondary N) is 1. The third-order valence-corrected chi connectivity index (χ3v) is 8.28. The van der Waals surface area contributed by atoms with Crippen LogP contribution in [0.15, 0.2) is 22.8 Å². The fraction of sp³-hybridized carbons (Fsp3) is 0.696. The van der Waals surface area contributed by atoms with Crippen LogP contribution in [-0.2, 0) is 9.59 Å². The van der Waals surface area contributed by atoms with Gasteiger partial charge < -0.3 is 15.1 Å². The van der Waals surface area contributed by atoms with Crippen LogP contribution in [-0.4, -0.2) is 54.4 Å². The van der Waals surface area contributed by atoms with Gasteiger partial charge in [-0.1, -0.05) is 0 Å². The number of halogens is 1. The summed E-state index contributed by atoms with van der Waals surface area (Å²) in [5, 5.41) is 3.14. The Balaban J connectivity index is 1.07. The number of carbonyl (C=O) groups is 2. The predicted octanol–water partition coefficient (Wildman–Crippen LogP) is 3.22. The lowest BCUT2D eigenvalue weighted by molar-refractivity contribution is -0.146. The fourth-order valence-electron chi connectivity index (χ4n) is 6.76. The van der Waals surface area contributed by atoms with Gasteiger partial charge in [-0.3, -0.25) is 9.59 Å². The van der Waals surface area contributed by atoms with Gasteiger partial charge in [-0.25, -0.2) is 4.98 Å². The molecule has 5 fully saturated rings. The first kappa shape index (κ1) is 20.3. The van der Waals surface area contributed by atoms with Gasteiger partial charge in [0.05, 0.1) is 0 Å². The van der Waals surface area contributed by atoms with E-state index in [4.69, 9.17) is 0 Å². The van der Waals surface area contributed by atoms with E-state index in [1.165, 1.54) is 19.3 Å². The smallest absolute Gasteiger partial charge is 0.226 e. The number of piperazine rings is 1. The van der Waals surface area contributed by atoms with Gasteiger partial charge in [0.25, 0.3) is 0 Å². The maximum absolute atomic E-state index is 13.0. The summed E-state index contributed by atoms with van der Waals surface area (Å²) in [5.41, 5.74) is -0.124. The summed E-state index contributed by atoms with van der Waals surface area (Å²) >= 11 is 3.41. The minimum absolute atomic E-state index is 0.124. The van der Waals surface area contributed by atoms with Gasteiger partial charge in [0.2, 0.25) is 11.8 Å². The van der Waals surface area contributed by atoms with E-state index < -0.39 is 0 Å². The van der Waals surface area contributed by atoms with Crippen molar-refractivity contribution < 1.29 is 9.59 Å². The van der Waals surface area contributed by atoms with Gasteiger partial charge in [0, 0.05) is 55.2 Å². The largest absolute Gasteiger partial charge is 0.355 e. The molecule has 1 aromatic heterocycles. The Bertz CT molecular complexity index is 769. The Labute approximate surface area is 186 Å². The van der Waals surface area contributed by atoms with Crippen molar-refractivity contribution in [2.75, 3.05) is 37.6 Å². The zero-order chi connectivity index (χ0) is 20.7. The highest BCUT2D eigenvalue weighted by molar-refractivity contribution is 9.10. The quantitative estimate of drug-likeness (QED) is 0.711. The van der Waals surface area contributed by atoms with Crippen molar-refractivity contribution >= 4 is 33.6 Å². The second kappa shape index (κ2) is 8.13. The molecular formula is C23H31BrN4O2. The molecule has 2 amide bonds. The number of carbonyl (C=O) groups excluding carboxylic acids is 2. The molecule has 4 saturated carbocycles. The van der Waals surface area contributed by atoms with Crippen LogP contribution in [0.2, 0.25) is 0 Å². The molecule has 1 aliphatic heterocycles. The minimum Gasteiger partial charge on any atom is -0.355 e. The molecule has 5 aliphatic rings. The normalized spacial score (nSPS) is 32.4. The lowest BCUT2D eigenvalue weighted by Crippen LogP contribution is -2.54. The topological polar surface area (TPSA) is 65.5 Å². The zero-order valence-corrected chi connectivity index (χ0v) is 19.1. The van der Waals surface area contributed by atoms with Gasteiger partial charge in [0.1, 0.15) is 5.82 Å². The molecule has 1 aromatic rings. The lowest BCUT2D eigenvalue weighted by atomic mass is 9.49. The number of nitrogens with zero attached hydrogens (tertiary/aromatic N) is 3. The number of rotatable bonds is 5. The molecule has 4 bridgehead atoms. The van der Waals surface area contributed by atoms with Crippen molar-refractivity contribution in [1.82, 2.24) is 15.2 Å². The Morgan fingerprint density at radius 2 is 1.67 bits per heavy atom. The summed E-state index contributed by atoms with van der Waals surface area (Å²) in [4.78, 5) is 34.3. The van der Waals surface area contributed by atoms with Crippen LogP contribution in [0.25, 0.3) is 0 Å². The molecule has 6 nitrogen and oxygen atoms in total. The van der Waals surface area contributed by atoms with Crippen molar-refractivity contribution in [2.24, 2.45) is 23.2 Å². The van der Waals surface area contributed by atoms with E-state index in [-0.39, 0.29) is 17.2 Å². The van der Waals surface area contributed by atoms with Crippen LogP contribution in [0.4, 0.5) is 5.82 Å². The molecule has 0 spiro atoms. The molecule has 1 N–H and O–H groups in total. The number of aromatic nitrogens is 1. The van der Waals surface area contributed by atoms with E-state index in [1.54, 1.807) is 6.20 Å². The third kappa shape index (κ3) is 3.97. The number of hydrogen-bond acceptors (Lipinski definition) is 4. The molecule has 1 saturated heterocycles. The van der Waals surface area contributed by atoms with Gasteiger partial charge in [-0.2, -0.15) is 0 Å². The van der Waals surface area contributed by atoms with Crippen molar-refractivity contribution in [3.63, 3.8) is 0 Å². The first-order chi connectivity index (χ1) is 14.5. The monoisotopic (exact) mass is 474 g/mol. The standard InChI is InChI=1S/C23H31BrN4O2/c24-19-1-2-20(26-15-19)27-5-7-28(8-6-27)21(29)3-4-25-22(30)23-12-16-9-17(13-23)11-18(10-16)14-23/h1-2,15-18H,3-14H2,(H,25,30). The van der Waals surface area contributed by atoms with Crippen molar-refractivity contribution in [1.29, 1.82) is 0 Å². The molecule has 0 atom stereocenters. The average molecular weight is 475 g/mol. The van der Waals surface area contributed by atoms with Crippen molar-refractivity contribution in [3.05, 3.63) is 22.8 Å². The Morgan fingerprint density at radius 3 is 2.23 bits per heavy atom. The minimum atomic E-state index is -0.124. The van der Waals surface area contributed by atoms with E-state index in [0.29, 0.717) is 26.1 Å². The summed E-state index contributed by atoms with van der Waals surface area (Å²) in [6, 6.07) is 3.99. The molecule has 6 rings (SSSR count). The number of hydrogen-bond donors (Lipinski definition) is 1. The highest BCUT2D eigenvalue weighted by Gasteiger charge is 2.54. The molecule has 30 heavy (non-hydrogen) atoms. The Morgan fingerprint density at radius 1 is 1.03 bits per heavy atom. The maximum atomic E-state index is 13.0. The first-order valence-electron chi connectivity index (χ1n) is 11.4. The van der Waals surface area contributed by atoms with Crippen LogP contribution in [0.3, 0.4) is 0 Å². The van der Waals surface area contributed by atoms with Crippen LogP contribution in [0, 0.1) is 23.2 Å². The molecule has 2 heterocycles. The molecule has 0 radical (unpaired) electrons. The van der Waals surface area contributed by atoms with Gasteiger partial charge >= 0.3 is 0 Å². The molecular weight excluding hydrogens is 444 g/mol. The number of amides is 2. The summed E-state index contributed by atoms with van der Waals surface area (Å²) < 4.78 is 0.968. The second-order valence-corrected chi connectivity index (χ2v) is 10.8. The Hall–Kier alpha value is -1.63. The van der Waals surface area contributed by atoms with Crippen molar-refractivity contribution in [3.8, 4) is 0 Å². The van der Waals surface area contributed by atoms with Crippen LogP contribution in [0.1, 0.15) is 44.9 Å². The van der Waals surface area contributed by atoms with Crippen LogP contribution in [0.5, 0.6) is 0 Å². The lowest BCUT2D eigenvalue weighted by Gasteiger charge is -2.55. The van der Waals surface area contributed by atoms with Crippen molar-refractivity contribution in [2.45, 2.75) is 44.9 Å². The summed E-state index contributed by atoms with van der Waals surface area (Å²) in [5.74, 6) is 3.61. The first-order valence-corrected chi connectivity index (χ1v) is 12.2. The number of pyridine rings is 1.